The van der Waals surface area contributed by atoms with E-state index in [1.807, 2.05) is 6.92 Å². The van der Waals surface area contributed by atoms with E-state index in [0.717, 1.165) is 16.9 Å². The highest BCUT2D eigenvalue weighted by atomic mass is 19.4. The Labute approximate surface area is 138 Å². The first-order chi connectivity index (χ1) is 11.2. The van der Waals surface area contributed by atoms with Gasteiger partial charge in [-0.1, -0.05) is 19.1 Å². The van der Waals surface area contributed by atoms with Crippen LogP contribution in [-0.2, 0) is 6.54 Å². The van der Waals surface area contributed by atoms with Crippen LogP contribution in [-0.4, -0.2) is 47.5 Å². The Morgan fingerprint density at radius 1 is 1.46 bits per heavy atom. The Morgan fingerprint density at radius 2 is 2.21 bits per heavy atom. The number of aliphatic hydroxyl groups is 1. The number of carbonyl (C=O) groups excluding carboxylic acids is 1. The van der Waals surface area contributed by atoms with Crippen molar-refractivity contribution in [1.82, 2.24) is 10.2 Å². The van der Waals surface area contributed by atoms with Crippen molar-refractivity contribution in [2.75, 3.05) is 19.7 Å². The summed E-state index contributed by atoms with van der Waals surface area (Å²) >= 11 is 0. The van der Waals surface area contributed by atoms with Gasteiger partial charge in [0, 0.05) is 19.5 Å². The third-order valence-electron chi connectivity index (χ3n) is 3.88. The average Bonchev–Trinajstić information content (AvgIpc) is 2.95. The van der Waals surface area contributed by atoms with Crippen LogP contribution in [0.1, 0.15) is 25.3 Å². The molecular weight excluding hydrogens is 325 g/mol. The molecule has 1 aromatic carbocycles. The highest BCUT2D eigenvalue weighted by Gasteiger charge is 2.57. The molecule has 24 heavy (non-hydrogen) atoms. The SMILES string of the molecule is CCCOc1cccc(CNC(=O)N2CCC(O)(C(F)(F)F)C2)c1. The smallest absolute Gasteiger partial charge is 0.419 e. The number of ether oxygens (including phenoxy) is 1. The van der Waals surface area contributed by atoms with Crippen LogP contribution in [0.4, 0.5) is 18.0 Å². The number of halogens is 3. The van der Waals surface area contributed by atoms with Gasteiger partial charge in [-0.15, -0.1) is 0 Å². The van der Waals surface area contributed by atoms with Gasteiger partial charge in [0.05, 0.1) is 13.2 Å². The van der Waals surface area contributed by atoms with Crippen molar-refractivity contribution < 1.29 is 27.8 Å². The van der Waals surface area contributed by atoms with Gasteiger partial charge >= 0.3 is 12.2 Å². The van der Waals surface area contributed by atoms with Crippen molar-refractivity contribution in [3.8, 4) is 5.75 Å². The van der Waals surface area contributed by atoms with Crippen LogP contribution < -0.4 is 10.1 Å². The zero-order valence-corrected chi connectivity index (χ0v) is 13.4. The first kappa shape index (κ1) is 18.4. The van der Waals surface area contributed by atoms with Crippen molar-refractivity contribution in [3.05, 3.63) is 29.8 Å². The number of nitrogens with zero attached hydrogens (tertiary/aromatic N) is 1. The maximum Gasteiger partial charge on any atom is 0.419 e. The number of benzene rings is 1. The summed E-state index contributed by atoms with van der Waals surface area (Å²) in [4.78, 5) is 13.0. The molecule has 1 saturated heterocycles. The van der Waals surface area contributed by atoms with Crippen LogP contribution in [0.25, 0.3) is 0 Å². The normalized spacial score (nSPS) is 21.0. The molecular formula is C16H21F3N2O3. The van der Waals surface area contributed by atoms with Gasteiger partial charge < -0.3 is 20.1 Å². The van der Waals surface area contributed by atoms with Gasteiger partial charge in [-0.2, -0.15) is 13.2 Å². The number of urea groups is 1. The number of rotatable bonds is 5. The summed E-state index contributed by atoms with van der Waals surface area (Å²) in [6, 6.07) is 6.51. The Bertz CT molecular complexity index is 580. The van der Waals surface area contributed by atoms with E-state index in [-0.39, 0.29) is 13.1 Å². The summed E-state index contributed by atoms with van der Waals surface area (Å²) in [5.74, 6) is 0.677. The summed E-state index contributed by atoms with van der Waals surface area (Å²) in [6.07, 6.45) is -4.38. The Hall–Kier alpha value is -1.96. The summed E-state index contributed by atoms with van der Waals surface area (Å²) in [5, 5.41) is 12.2. The van der Waals surface area contributed by atoms with Gasteiger partial charge in [-0.3, -0.25) is 0 Å². The van der Waals surface area contributed by atoms with E-state index in [2.05, 4.69) is 5.32 Å². The number of likely N-dealkylation sites (tertiary alicyclic amines) is 1. The van der Waals surface area contributed by atoms with E-state index in [0.29, 0.717) is 12.4 Å². The van der Waals surface area contributed by atoms with E-state index in [9.17, 15) is 23.1 Å². The minimum atomic E-state index is -4.74. The topological polar surface area (TPSA) is 61.8 Å². The standard InChI is InChI=1S/C16H21F3N2O3/c1-2-8-24-13-5-3-4-12(9-13)10-20-14(22)21-7-6-15(23,11-21)16(17,18)19/h3-5,9,23H,2,6-8,10-11H2,1H3,(H,20,22). The second-order valence-corrected chi connectivity index (χ2v) is 5.86. The third kappa shape index (κ3) is 4.31. The highest BCUT2D eigenvalue weighted by molar-refractivity contribution is 5.74. The fraction of sp³-hybridized carbons (Fsp3) is 0.562. The van der Waals surface area contributed by atoms with Crippen molar-refractivity contribution in [2.45, 2.75) is 38.1 Å². The molecule has 1 fully saturated rings. The lowest BCUT2D eigenvalue weighted by Gasteiger charge is -2.26. The second kappa shape index (κ2) is 7.29. The molecule has 0 bridgehead atoms. The summed E-state index contributed by atoms with van der Waals surface area (Å²) in [5.41, 5.74) is -2.04. The zero-order valence-electron chi connectivity index (χ0n) is 13.4. The maximum atomic E-state index is 12.8. The fourth-order valence-electron chi connectivity index (χ4n) is 2.45. The van der Waals surface area contributed by atoms with Crippen LogP contribution in [0.2, 0.25) is 0 Å². The number of hydrogen-bond acceptors (Lipinski definition) is 3. The molecule has 0 radical (unpaired) electrons. The van der Waals surface area contributed by atoms with Crippen molar-refractivity contribution >= 4 is 6.03 Å². The van der Waals surface area contributed by atoms with Crippen LogP contribution in [0.15, 0.2) is 24.3 Å². The molecule has 2 rings (SSSR count). The van der Waals surface area contributed by atoms with Crippen LogP contribution in [0, 0.1) is 0 Å². The molecule has 1 heterocycles. The number of nitrogens with one attached hydrogen (secondary N) is 1. The van der Waals surface area contributed by atoms with E-state index >= 15 is 0 Å². The van der Waals surface area contributed by atoms with Crippen molar-refractivity contribution in [3.63, 3.8) is 0 Å². The quantitative estimate of drug-likeness (QED) is 0.862. The summed E-state index contributed by atoms with van der Waals surface area (Å²) < 4.78 is 43.8. The lowest BCUT2D eigenvalue weighted by atomic mass is 10.0. The molecule has 134 valence electrons. The molecule has 0 saturated carbocycles. The minimum absolute atomic E-state index is 0.137. The monoisotopic (exact) mass is 346 g/mol. The molecule has 0 aromatic heterocycles. The van der Waals surface area contributed by atoms with Gasteiger partial charge in [0.1, 0.15) is 5.75 Å². The maximum absolute atomic E-state index is 12.8. The Morgan fingerprint density at radius 3 is 2.83 bits per heavy atom. The van der Waals surface area contributed by atoms with Crippen LogP contribution in [0.3, 0.4) is 0 Å². The Kier molecular flexibility index (Phi) is 5.58. The van der Waals surface area contributed by atoms with Gasteiger partial charge in [-0.25, -0.2) is 4.79 Å². The second-order valence-electron chi connectivity index (χ2n) is 5.86. The molecule has 1 aliphatic heterocycles. The molecule has 0 aliphatic carbocycles. The van der Waals surface area contributed by atoms with Gasteiger partial charge in [0.25, 0.3) is 0 Å². The van der Waals surface area contributed by atoms with E-state index in [4.69, 9.17) is 4.74 Å². The summed E-state index contributed by atoms with van der Waals surface area (Å²) in [7, 11) is 0. The molecule has 2 amide bonds. The van der Waals surface area contributed by atoms with Gasteiger partial charge in [-0.05, 0) is 24.1 Å². The number of amides is 2. The molecule has 2 N–H and O–H groups in total. The molecule has 8 heteroatoms. The predicted octanol–water partition coefficient (Wildman–Crippen LogP) is 2.68. The molecule has 1 unspecified atom stereocenters. The molecule has 1 atom stereocenters. The molecule has 5 nitrogen and oxygen atoms in total. The predicted molar refractivity (Wildman–Crippen MR) is 81.7 cm³/mol. The van der Waals surface area contributed by atoms with Gasteiger partial charge in [0.15, 0.2) is 5.60 Å². The lowest BCUT2D eigenvalue weighted by Crippen LogP contribution is -2.49. The fourth-order valence-corrected chi connectivity index (χ4v) is 2.45. The molecule has 1 aromatic rings. The first-order valence-corrected chi connectivity index (χ1v) is 7.79. The van der Waals surface area contributed by atoms with E-state index in [1.165, 1.54) is 0 Å². The van der Waals surface area contributed by atoms with Crippen molar-refractivity contribution in [1.29, 1.82) is 0 Å². The average molecular weight is 346 g/mol. The van der Waals surface area contributed by atoms with Gasteiger partial charge in [0.2, 0.25) is 0 Å². The highest BCUT2D eigenvalue weighted by Crippen LogP contribution is 2.37. The summed E-state index contributed by atoms with van der Waals surface area (Å²) in [6.45, 7) is 1.86. The molecule has 1 aliphatic rings. The van der Waals surface area contributed by atoms with E-state index < -0.39 is 30.8 Å². The number of hydrogen-bond donors (Lipinski definition) is 2. The lowest BCUT2D eigenvalue weighted by molar-refractivity contribution is -0.253. The minimum Gasteiger partial charge on any atom is -0.494 e. The first-order valence-electron chi connectivity index (χ1n) is 7.79. The third-order valence-corrected chi connectivity index (χ3v) is 3.88. The largest absolute Gasteiger partial charge is 0.494 e. The van der Waals surface area contributed by atoms with Crippen LogP contribution in [0.5, 0.6) is 5.75 Å². The molecule has 0 spiro atoms. The van der Waals surface area contributed by atoms with Crippen LogP contribution >= 0.6 is 0 Å². The van der Waals surface area contributed by atoms with E-state index in [1.54, 1.807) is 24.3 Å². The number of β-amino-alcohol motifs (C(OH)–C–C–N with tert-alkyl or cyclic N) is 1. The van der Waals surface area contributed by atoms with Crippen molar-refractivity contribution in [2.24, 2.45) is 0 Å². The Balaban J connectivity index is 1.88. The number of alkyl halides is 3. The number of carbonyl (C=O) groups is 1. The zero-order chi connectivity index (χ0) is 17.8.